The van der Waals surface area contributed by atoms with Crippen molar-refractivity contribution in [1.29, 1.82) is 0 Å². The molecule has 2 aliphatic rings. The molecule has 0 amide bonds. The lowest BCUT2D eigenvalue weighted by molar-refractivity contribution is -0.146. The molecule has 2 rings (SSSR count). The lowest BCUT2D eigenvalue weighted by atomic mass is 9.90. The summed E-state index contributed by atoms with van der Waals surface area (Å²) in [6.07, 6.45) is 3.50. The van der Waals surface area contributed by atoms with Crippen LogP contribution in [0.15, 0.2) is 12.2 Å². The van der Waals surface area contributed by atoms with Crippen LogP contribution < -0.4 is 5.73 Å². The molecule has 0 aromatic carbocycles. The van der Waals surface area contributed by atoms with Gasteiger partial charge in [-0.3, -0.25) is 4.79 Å². The molecule has 12 heavy (non-hydrogen) atoms. The molecule has 0 saturated carbocycles. The van der Waals surface area contributed by atoms with Gasteiger partial charge in [0.25, 0.3) is 0 Å². The maximum Gasteiger partial charge on any atom is 0.313 e. The molecular weight excluding hydrogens is 158 g/mol. The van der Waals surface area contributed by atoms with E-state index in [1.54, 1.807) is 0 Å². The molecule has 2 N–H and O–H groups in total. The van der Waals surface area contributed by atoms with Gasteiger partial charge in [0.1, 0.15) is 5.92 Å². The molecule has 0 aromatic heterocycles. The number of hydrogen-bond acceptors (Lipinski definition) is 4. The molecule has 0 aliphatic carbocycles. The number of carbonyl (C=O) groups is 1. The average molecular weight is 169 g/mol. The Morgan fingerprint density at radius 2 is 2.17 bits per heavy atom. The van der Waals surface area contributed by atoms with Gasteiger partial charge < -0.3 is 15.2 Å². The molecule has 4 heteroatoms. The average Bonchev–Trinajstić information content (AvgIpc) is 2.63. The third kappa shape index (κ3) is 0.884. The Hall–Kier alpha value is -0.870. The lowest BCUT2D eigenvalue weighted by Crippen LogP contribution is -2.42. The fourth-order valence-electron chi connectivity index (χ4n) is 1.77. The Bertz CT molecular complexity index is 238. The summed E-state index contributed by atoms with van der Waals surface area (Å²) in [7, 11) is 1.37. The second kappa shape index (κ2) is 2.57. The first-order valence-electron chi connectivity index (χ1n) is 3.91. The summed E-state index contributed by atoms with van der Waals surface area (Å²) in [5.74, 6) is -0.593. The fraction of sp³-hybridized carbons (Fsp3) is 0.625. The van der Waals surface area contributed by atoms with Crippen molar-refractivity contribution in [1.82, 2.24) is 0 Å². The van der Waals surface area contributed by atoms with Crippen LogP contribution in [-0.4, -0.2) is 31.3 Å². The lowest BCUT2D eigenvalue weighted by Gasteiger charge is -2.18. The first kappa shape index (κ1) is 7.76. The first-order valence-corrected chi connectivity index (χ1v) is 3.91. The summed E-state index contributed by atoms with van der Waals surface area (Å²) >= 11 is 0. The largest absolute Gasteiger partial charge is 0.469 e. The van der Waals surface area contributed by atoms with Crippen LogP contribution in [0.2, 0.25) is 0 Å². The molecule has 66 valence electrons. The summed E-state index contributed by atoms with van der Waals surface area (Å²) in [5, 5.41) is 0. The van der Waals surface area contributed by atoms with Crippen LogP contribution in [0.5, 0.6) is 0 Å². The highest BCUT2D eigenvalue weighted by molar-refractivity contribution is 5.75. The summed E-state index contributed by atoms with van der Waals surface area (Å²) < 4.78 is 10.0. The number of fused-ring (bicyclic) bond motifs is 2. The summed E-state index contributed by atoms with van der Waals surface area (Å²) in [6.45, 7) is 0. The summed E-state index contributed by atoms with van der Waals surface area (Å²) in [4.78, 5) is 11.2. The second-order valence-corrected chi connectivity index (χ2v) is 3.08. The van der Waals surface area contributed by atoms with Crippen molar-refractivity contribution in [3.63, 3.8) is 0 Å². The van der Waals surface area contributed by atoms with E-state index in [0.717, 1.165) is 0 Å². The number of hydrogen-bond donors (Lipinski definition) is 1. The molecule has 0 spiro atoms. The van der Waals surface area contributed by atoms with Crippen molar-refractivity contribution in [3.8, 4) is 0 Å². The van der Waals surface area contributed by atoms with Crippen molar-refractivity contribution in [2.45, 2.75) is 18.2 Å². The SMILES string of the molecule is COC(=O)[C@@H]1[C@H](N)[C@H]2C=C[C@H]1O2. The van der Waals surface area contributed by atoms with Gasteiger partial charge in [-0.2, -0.15) is 0 Å². The van der Waals surface area contributed by atoms with Crippen LogP contribution in [0, 0.1) is 5.92 Å². The monoisotopic (exact) mass is 169 g/mol. The summed E-state index contributed by atoms with van der Waals surface area (Å²) in [5.41, 5.74) is 5.76. The van der Waals surface area contributed by atoms with E-state index in [1.165, 1.54) is 7.11 Å². The van der Waals surface area contributed by atoms with Gasteiger partial charge >= 0.3 is 5.97 Å². The van der Waals surface area contributed by atoms with Crippen LogP contribution in [0.25, 0.3) is 0 Å². The molecule has 2 heterocycles. The van der Waals surface area contributed by atoms with E-state index in [1.807, 2.05) is 12.2 Å². The van der Waals surface area contributed by atoms with Crippen LogP contribution in [0.4, 0.5) is 0 Å². The fourth-order valence-corrected chi connectivity index (χ4v) is 1.77. The van der Waals surface area contributed by atoms with Gasteiger partial charge in [-0.05, 0) is 0 Å². The number of rotatable bonds is 1. The van der Waals surface area contributed by atoms with E-state index >= 15 is 0 Å². The zero-order chi connectivity index (χ0) is 8.72. The number of carbonyl (C=O) groups excluding carboxylic acids is 1. The standard InChI is InChI=1S/C8H11NO3/c1-11-8(10)6-4-2-3-5(12-4)7(6)9/h2-7H,9H2,1H3/t4-,5-,6+,7-/m1/s1. The second-order valence-electron chi connectivity index (χ2n) is 3.08. The highest BCUT2D eigenvalue weighted by Gasteiger charge is 2.48. The van der Waals surface area contributed by atoms with Gasteiger partial charge in [-0.25, -0.2) is 0 Å². The van der Waals surface area contributed by atoms with Gasteiger partial charge in [0.05, 0.1) is 25.4 Å². The molecule has 0 unspecified atom stereocenters. The first-order chi connectivity index (χ1) is 5.74. The number of esters is 1. The van der Waals surface area contributed by atoms with Crippen LogP contribution in [0.1, 0.15) is 0 Å². The molecule has 1 fully saturated rings. The highest BCUT2D eigenvalue weighted by Crippen LogP contribution is 2.33. The van der Waals surface area contributed by atoms with E-state index in [0.29, 0.717) is 0 Å². The Morgan fingerprint density at radius 1 is 1.50 bits per heavy atom. The van der Waals surface area contributed by atoms with E-state index in [-0.39, 0.29) is 30.1 Å². The molecular formula is C8H11NO3. The minimum absolute atomic E-state index is 0.0981. The normalized spacial score (nSPS) is 43.5. The molecule has 4 nitrogen and oxygen atoms in total. The Morgan fingerprint density at radius 3 is 2.67 bits per heavy atom. The van der Waals surface area contributed by atoms with Crippen LogP contribution in [0.3, 0.4) is 0 Å². The maximum atomic E-state index is 11.2. The topological polar surface area (TPSA) is 61.5 Å². The van der Waals surface area contributed by atoms with Crippen molar-refractivity contribution in [2.75, 3.05) is 7.11 Å². The van der Waals surface area contributed by atoms with Crippen molar-refractivity contribution < 1.29 is 14.3 Å². The third-order valence-electron chi connectivity index (χ3n) is 2.43. The predicted octanol–water partition coefficient (Wildman–Crippen LogP) is -0.560. The smallest absolute Gasteiger partial charge is 0.313 e. The molecule has 2 bridgehead atoms. The van der Waals surface area contributed by atoms with Gasteiger partial charge in [0, 0.05) is 0 Å². The molecule has 0 radical (unpaired) electrons. The summed E-state index contributed by atoms with van der Waals surface area (Å²) in [6, 6.07) is -0.243. The van der Waals surface area contributed by atoms with Gasteiger partial charge in [0.15, 0.2) is 0 Å². The molecule has 4 atom stereocenters. The third-order valence-corrected chi connectivity index (χ3v) is 2.43. The predicted molar refractivity (Wildman–Crippen MR) is 41.3 cm³/mol. The zero-order valence-corrected chi connectivity index (χ0v) is 6.77. The van der Waals surface area contributed by atoms with Gasteiger partial charge in [-0.15, -0.1) is 0 Å². The molecule has 0 aromatic rings. The molecule has 1 saturated heterocycles. The highest BCUT2D eigenvalue weighted by atomic mass is 16.5. The van der Waals surface area contributed by atoms with E-state index in [9.17, 15) is 4.79 Å². The van der Waals surface area contributed by atoms with Crippen LogP contribution >= 0.6 is 0 Å². The van der Waals surface area contributed by atoms with Crippen LogP contribution in [-0.2, 0) is 14.3 Å². The van der Waals surface area contributed by atoms with E-state index in [4.69, 9.17) is 10.5 Å². The minimum atomic E-state index is -0.315. The number of methoxy groups -OCH3 is 1. The Balaban J connectivity index is 2.18. The number of nitrogens with two attached hydrogens (primary N) is 1. The maximum absolute atomic E-state index is 11.2. The van der Waals surface area contributed by atoms with Gasteiger partial charge in [0.2, 0.25) is 0 Å². The van der Waals surface area contributed by atoms with Gasteiger partial charge in [-0.1, -0.05) is 12.2 Å². The van der Waals surface area contributed by atoms with E-state index in [2.05, 4.69) is 4.74 Å². The van der Waals surface area contributed by atoms with Crippen molar-refractivity contribution in [3.05, 3.63) is 12.2 Å². The Kier molecular flexibility index (Phi) is 1.66. The Labute approximate surface area is 70.3 Å². The minimum Gasteiger partial charge on any atom is -0.469 e. The quantitative estimate of drug-likeness (QED) is 0.422. The number of ether oxygens (including phenoxy) is 2. The molecule has 2 aliphatic heterocycles. The van der Waals surface area contributed by atoms with E-state index < -0.39 is 0 Å². The van der Waals surface area contributed by atoms with Crippen molar-refractivity contribution >= 4 is 5.97 Å². The van der Waals surface area contributed by atoms with Crippen molar-refractivity contribution in [2.24, 2.45) is 11.7 Å². The zero-order valence-electron chi connectivity index (χ0n) is 6.77.